The molecule has 0 spiro atoms. The van der Waals surface area contributed by atoms with E-state index in [1.165, 1.54) is 9.87 Å². The van der Waals surface area contributed by atoms with Crippen molar-refractivity contribution in [1.82, 2.24) is 5.32 Å². The quantitative estimate of drug-likeness (QED) is 0.613. The first kappa shape index (κ1) is 23.6. The number of nitrogens with one attached hydrogen (secondary N) is 1. The van der Waals surface area contributed by atoms with Gasteiger partial charge in [0.2, 0.25) is 15.9 Å². The highest BCUT2D eigenvalue weighted by molar-refractivity contribution is 7.92. The minimum atomic E-state index is -3.46. The number of hydrogen-bond donors (Lipinski definition) is 1. The molecular weight excluding hydrogens is 436 g/mol. The highest BCUT2D eigenvalue weighted by Crippen LogP contribution is 2.34. The molecule has 168 valence electrons. The van der Waals surface area contributed by atoms with Crippen LogP contribution in [0, 0.1) is 0 Å². The average molecular weight is 465 g/mol. The summed E-state index contributed by atoms with van der Waals surface area (Å²) < 4.78 is 31.3. The van der Waals surface area contributed by atoms with Crippen LogP contribution in [0.3, 0.4) is 0 Å². The van der Waals surface area contributed by atoms with Gasteiger partial charge in [-0.05, 0) is 49.1 Å². The average Bonchev–Trinajstić information content (AvgIpc) is 2.77. The van der Waals surface area contributed by atoms with Crippen molar-refractivity contribution in [2.75, 3.05) is 36.9 Å². The minimum absolute atomic E-state index is 0.0774. The van der Waals surface area contributed by atoms with Gasteiger partial charge < -0.3 is 10.1 Å². The molecule has 8 heteroatoms. The lowest BCUT2D eigenvalue weighted by Gasteiger charge is -2.38. The van der Waals surface area contributed by atoms with E-state index in [0.29, 0.717) is 36.9 Å². The summed E-state index contributed by atoms with van der Waals surface area (Å²) in [6.07, 6.45) is 3.55. The molecule has 0 aromatic heterocycles. The predicted octanol–water partition coefficient (Wildman–Crippen LogP) is 3.75. The Balaban J connectivity index is 1.57. The predicted molar refractivity (Wildman–Crippen MR) is 124 cm³/mol. The highest BCUT2D eigenvalue weighted by Gasteiger charge is 2.34. The number of nitrogens with zero attached hydrogens (tertiary/aromatic N) is 1. The summed E-state index contributed by atoms with van der Waals surface area (Å²) in [5.74, 6) is -0.0774. The molecule has 1 aliphatic rings. The van der Waals surface area contributed by atoms with Gasteiger partial charge >= 0.3 is 0 Å². The Kier molecular flexibility index (Phi) is 7.97. The molecule has 0 saturated carbocycles. The normalized spacial score (nSPS) is 15.9. The molecular formula is C23H29ClN2O4S. The molecule has 2 aromatic rings. The maximum absolute atomic E-state index is 12.5. The number of amides is 1. The van der Waals surface area contributed by atoms with E-state index in [1.807, 2.05) is 18.2 Å². The molecule has 0 atom stereocenters. The Morgan fingerprint density at radius 3 is 2.35 bits per heavy atom. The number of sulfonamides is 1. The summed E-state index contributed by atoms with van der Waals surface area (Å²) in [7, 11) is -3.46. The van der Waals surface area contributed by atoms with Gasteiger partial charge in [0, 0.05) is 43.2 Å². The molecule has 2 aromatic carbocycles. The standard InChI is InChI=1S/C23H29ClN2O4S/c1-31(28,29)26(21-11-9-20(24)10-12-21)15-5-8-22(27)25-18-23(13-16-30-17-14-23)19-6-3-2-4-7-19/h2-4,6-7,9-12H,5,8,13-18H2,1H3,(H,25,27). The van der Waals surface area contributed by atoms with Gasteiger partial charge in [0.25, 0.3) is 0 Å². The SMILES string of the molecule is CS(=O)(=O)N(CCCC(=O)NCC1(c2ccccc2)CCOCC1)c1ccc(Cl)cc1. The monoisotopic (exact) mass is 464 g/mol. The van der Waals surface area contributed by atoms with Gasteiger partial charge in [-0.3, -0.25) is 9.10 Å². The van der Waals surface area contributed by atoms with Gasteiger partial charge in [-0.15, -0.1) is 0 Å². The molecule has 1 aliphatic heterocycles. The van der Waals surface area contributed by atoms with Crippen molar-refractivity contribution in [3.63, 3.8) is 0 Å². The maximum Gasteiger partial charge on any atom is 0.232 e. The van der Waals surface area contributed by atoms with Crippen molar-refractivity contribution in [3.05, 3.63) is 65.2 Å². The summed E-state index contributed by atoms with van der Waals surface area (Å²) in [5, 5.41) is 3.61. The lowest BCUT2D eigenvalue weighted by Crippen LogP contribution is -2.44. The Bertz CT molecular complexity index is 959. The molecule has 1 N–H and O–H groups in total. The molecule has 0 unspecified atom stereocenters. The van der Waals surface area contributed by atoms with Gasteiger partial charge in [-0.2, -0.15) is 0 Å². The number of benzene rings is 2. The third-order valence-corrected chi connectivity index (χ3v) is 7.19. The van der Waals surface area contributed by atoms with Crippen molar-refractivity contribution in [3.8, 4) is 0 Å². The van der Waals surface area contributed by atoms with Crippen LogP contribution in [0.25, 0.3) is 0 Å². The highest BCUT2D eigenvalue weighted by atomic mass is 35.5. The van der Waals surface area contributed by atoms with E-state index in [4.69, 9.17) is 16.3 Å². The number of ether oxygens (including phenoxy) is 1. The van der Waals surface area contributed by atoms with E-state index < -0.39 is 10.0 Å². The Hall–Kier alpha value is -2.09. The van der Waals surface area contributed by atoms with E-state index in [0.717, 1.165) is 19.1 Å². The Labute approximate surface area is 189 Å². The van der Waals surface area contributed by atoms with Crippen molar-refractivity contribution in [2.45, 2.75) is 31.1 Å². The van der Waals surface area contributed by atoms with Crippen LogP contribution in [-0.4, -0.2) is 46.9 Å². The number of halogens is 1. The first-order valence-electron chi connectivity index (χ1n) is 10.4. The van der Waals surface area contributed by atoms with Crippen LogP contribution in [0.5, 0.6) is 0 Å². The third kappa shape index (κ3) is 6.45. The number of carbonyl (C=O) groups excluding carboxylic acids is 1. The second-order valence-corrected chi connectivity index (χ2v) is 10.3. The number of carbonyl (C=O) groups is 1. The third-order valence-electron chi connectivity index (χ3n) is 5.74. The van der Waals surface area contributed by atoms with E-state index in [1.54, 1.807) is 24.3 Å². The molecule has 1 fully saturated rings. The molecule has 0 bridgehead atoms. The largest absolute Gasteiger partial charge is 0.381 e. The maximum atomic E-state index is 12.5. The smallest absolute Gasteiger partial charge is 0.232 e. The summed E-state index contributed by atoms with van der Waals surface area (Å²) in [4.78, 5) is 12.5. The van der Waals surface area contributed by atoms with Crippen LogP contribution in [-0.2, 0) is 25.0 Å². The van der Waals surface area contributed by atoms with Gasteiger partial charge in [-0.1, -0.05) is 41.9 Å². The summed E-state index contributed by atoms with van der Waals surface area (Å²) >= 11 is 5.90. The van der Waals surface area contributed by atoms with Crippen molar-refractivity contribution < 1.29 is 17.9 Å². The number of rotatable bonds is 9. The zero-order chi connectivity index (χ0) is 22.3. The van der Waals surface area contributed by atoms with Gasteiger partial charge in [0.05, 0.1) is 11.9 Å². The van der Waals surface area contributed by atoms with Crippen LogP contribution < -0.4 is 9.62 Å². The zero-order valence-corrected chi connectivity index (χ0v) is 19.3. The summed E-state index contributed by atoms with van der Waals surface area (Å²) in [6, 6.07) is 16.9. The fourth-order valence-corrected chi connectivity index (χ4v) is 5.05. The lowest BCUT2D eigenvalue weighted by atomic mass is 9.74. The Morgan fingerprint density at radius 1 is 1.10 bits per heavy atom. The van der Waals surface area contributed by atoms with Crippen molar-refractivity contribution in [1.29, 1.82) is 0 Å². The second kappa shape index (κ2) is 10.5. The molecule has 3 rings (SSSR count). The number of anilines is 1. The van der Waals surface area contributed by atoms with Gasteiger partial charge in [0.15, 0.2) is 0 Å². The van der Waals surface area contributed by atoms with E-state index in [2.05, 4.69) is 17.4 Å². The summed E-state index contributed by atoms with van der Waals surface area (Å²) in [5.41, 5.74) is 1.62. The van der Waals surface area contributed by atoms with Crippen molar-refractivity contribution in [2.24, 2.45) is 0 Å². The van der Waals surface area contributed by atoms with Crippen LogP contribution in [0.1, 0.15) is 31.2 Å². The fraction of sp³-hybridized carbons (Fsp3) is 0.435. The van der Waals surface area contributed by atoms with E-state index in [-0.39, 0.29) is 24.3 Å². The van der Waals surface area contributed by atoms with Crippen LogP contribution >= 0.6 is 11.6 Å². The van der Waals surface area contributed by atoms with Crippen LogP contribution in [0.2, 0.25) is 5.02 Å². The van der Waals surface area contributed by atoms with Crippen LogP contribution in [0.15, 0.2) is 54.6 Å². The Morgan fingerprint density at radius 2 is 1.74 bits per heavy atom. The number of hydrogen-bond acceptors (Lipinski definition) is 4. The molecule has 0 aliphatic carbocycles. The van der Waals surface area contributed by atoms with E-state index in [9.17, 15) is 13.2 Å². The molecule has 0 radical (unpaired) electrons. The fourth-order valence-electron chi connectivity index (χ4n) is 3.95. The van der Waals surface area contributed by atoms with Gasteiger partial charge in [0.1, 0.15) is 0 Å². The van der Waals surface area contributed by atoms with E-state index >= 15 is 0 Å². The topological polar surface area (TPSA) is 75.7 Å². The molecule has 1 amide bonds. The zero-order valence-electron chi connectivity index (χ0n) is 17.7. The first-order chi connectivity index (χ1) is 14.8. The van der Waals surface area contributed by atoms with Crippen molar-refractivity contribution >= 4 is 33.2 Å². The molecule has 6 nitrogen and oxygen atoms in total. The molecule has 31 heavy (non-hydrogen) atoms. The summed E-state index contributed by atoms with van der Waals surface area (Å²) in [6.45, 7) is 2.13. The second-order valence-electron chi connectivity index (χ2n) is 7.95. The lowest BCUT2D eigenvalue weighted by molar-refractivity contribution is -0.121. The minimum Gasteiger partial charge on any atom is -0.381 e. The van der Waals surface area contributed by atoms with Gasteiger partial charge in [-0.25, -0.2) is 8.42 Å². The van der Waals surface area contributed by atoms with Crippen LogP contribution in [0.4, 0.5) is 5.69 Å². The molecule has 1 saturated heterocycles. The first-order valence-corrected chi connectivity index (χ1v) is 12.7. The molecule has 1 heterocycles.